The molecule has 1 rings (SSSR count). The van der Waals surface area contributed by atoms with Gasteiger partial charge in [0, 0.05) is 15.4 Å². The summed E-state index contributed by atoms with van der Waals surface area (Å²) in [6.45, 7) is 0. The van der Waals surface area contributed by atoms with Crippen molar-refractivity contribution in [2.24, 2.45) is 0 Å². The Morgan fingerprint density at radius 2 is 2.45 bits per heavy atom. The molecule has 0 amide bonds. The molecule has 0 spiro atoms. The van der Waals surface area contributed by atoms with E-state index >= 15 is 0 Å². The van der Waals surface area contributed by atoms with E-state index in [2.05, 4.69) is 9.61 Å². The summed E-state index contributed by atoms with van der Waals surface area (Å²) in [6, 6.07) is 1.58. The average molecular weight is 202 g/mol. The second-order valence-electron chi connectivity index (χ2n) is 1.43. The van der Waals surface area contributed by atoms with Gasteiger partial charge in [0.1, 0.15) is 12.4 Å². The van der Waals surface area contributed by atoms with Crippen LogP contribution in [0.25, 0.3) is 0 Å². The van der Waals surface area contributed by atoms with Crippen LogP contribution in [-0.4, -0.2) is 47.6 Å². The Balaban J connectivity index is -0.000000333. The molecule has 0 aromatic carbocycles. The number of hydrogen-bond acceptors (Lipinski definition) is 3. The van der Waals surface area contributed by atoms with Crippen molar-refractivity contribution in [1.29, 1.82) is 0 Å². The number of hydrogen-bond donors (Lipinski definition) is 1. The van der Waals surface area contributed by atoms with E-state index in [1.54, 1.807) is 6.07 Å². The topological polar surface area (TPSA) is 63.3 Å². The van der Waals surface area contributed by atoms with Crippen molar-refractivity contribution in [3.05, 3.63) is 24.8 Å². The molecule has 5 nitrogen and oxygen atoms in total. The summed E-state index contributed by atoms with van der Waals surface area (Å²) in [5.74, 6) is 0. The van der Waals surface area contributed by atoms with Crippen molar-refractivity contribution in [1.82, 2.24) is 4.98 Å². The minimum Gasteiger partial charge on any atom is -1.00 e. The first-order valence-corrected chi connectivity index (χ1v) is 3.58. The van der Waals surface area contributed by atoms with Crippen LogP contribution in [-0.2, 0) is 4.57 Å². The van der Waals surface area contributed by atoms with Gasteiger partial charge < -0.3 is 2.85 Å². The molecule has 1 unspecified atom stereocenters. The molecule has 0 aliphatic carbocycles. The van der Waals surface area contributed by atoms with E-state index < -0.39 is 8.25 Å². The summed E-state index contributed by atoms with van der Waals surface area (Å²) >= 11 is 0. The fourth-order valence-electron chi connectivity index (χ4n) is 0.445. The molecule has 0 bridgehead atoms. The molecule has 11 heavy (non-hydrogen) atoms. The van der Waals surface area contributed by atoms with Crippen molar-refractivity contribution < 1.29 is 21.7 Å². The zero-order chi connectivity index (χ0) is 7.40. The van der Waals surface area contributed by atoms with Gasteiger partial charge in [0.15, 0.2) is 0 Å². The molecule has 1 aromatic rings. The smallest absolute Gasteiger partial charge is 1.00 e. The third kappa shape index (κ3) is 4.61. The first kappa shape index (κ1) is 11.2. The molecule has 0 saturated heterocycles. The largest absolute Gasteiger partial charge is 2.00 e. The normalized spacial score (nSPS) is 9.73. The predicted octanol–water partition coefficient (Wildman–Crippen LogP) is -0.708. The fraction of sp³-hybridized carbons (Fsp3) is 0. The average Bonchev–Trinajstić information content (AvgIpc) is 1.88. The number of nitrogens with zero attached hydrogens (tertiary/aromatic N) is 2. The van der Waals surface area contributed by atoms with Crippen LogP contribution in [0.4, 0.5) is 0 Å². The quantitative estimate of drug-likeness (QED) is 0.391. The zero-order valence-corrected chi connectivity index (χ0v) is 8.72. The maximum absolute atomic E-state index is 10.0. The van der Waals surface area contributed by atoms with Gasteiger partial charge in [-0.05, 0) is 4.62 Å². The molecule has 56 valence electrons. The maximum Gasteiger partial charge on any atom is 2.00 e. The molecule has 0 fully saturated rings. The molecule has 1 heterocycles. The van der Waals surface area contributed by atoms with Crippen LogP contribution in [0, 0.1) is 0 Å². The van der Waals surface area contributed by atoms with Gasteiger partial charge in [0.2, 0.25) is 0 Å². The monoisotopic (exact) mass is 202 g/mol. The Morgan fingerprint density at radius 1 is 1.73 bits per heavy atom. The van der Waals surface area contributed by atoms with Crippen molar-refractivity contribution in [3.8, 4) is 0 Å². The second kappa shape index (κ2) is 5.80. The molecule has 0 saturated carbocycles. The molecule has 1 N–H and O–H groups in total. The molecule has 0 aliphatic rings. The Morgan fingerprint density at radius 3 is 2.91 bits per heavy atom. The standard InChI is InChI=1S/C4H4N2O3P.Ca.2H/c7-10(8)9-6-3-1-2-5-4-6;;;/h1-4H;;;/q+1;+2;2*-1/p+1. The maximum atomic E-state index is 10.0. The molecular formula is C4H7CaN2O3P+2. The minimum atomic E-state index is -2.60. The van der Waals surface area contributed by atoms with E-state index in [-0.39, 0.29) is 40.6 Å². The molecule has 0 radical (unpaired) electrons. The van der Waals surface area contributed by atoms with Crippen LogP contribution in [0.1, 0.15) is 2.85 Å². The van der Waals surface area contributed by atoms with Gasteiger partial charge in [0.25, 0.3) is 0 Å². The van der Waals surface area contributed by atoms with Crippen molar-refractivity contribution in [2.45, 2.75) is 0 Å². The summed E-state index contributed by atoms with van der Waals surface area (Å²) in [7, 11) is -2.60. The third-order valence-corrected chi connectivity index (χ3v) is 1.08. The first-order valence-electron chi connectivity index (χ1n) is 2.45. The molecule has 1 atom stereocenters. The Hall–Kier alpha value is 0.200. The van der Waals surface area contributed by atoms with Gasteiger partial charge in [0.05, 0.1) is 0 Å². The summed E-state index contributed by atoms with van der Waals surface area (Å²) in [5, 5.41) is 0. The Bertz CT molecular complexity index is 240. The molecule has 7 heteroatoms. The van der Waals surface area contributed by atoms with E-state index in [4.69, 9.17) is 4.89 Å². The summed E-state index contributed by atoms with van der Waals surface area (Å²) in [5.41, 5.74) is 0. The summed E-state index contributed by atoms with van der Waals surface area (Å²) in [4.78, 5) is 11.9. The van der Waals surface area contributed by atoms with Crippen LogP contribution in [0.15, 0.2) is 24.8 Å². The van der Waals surface area contributed by atoms with Crippen molar-refractivity contribution >= 4 is 46.0 Å². The van der Waals surface area contributed by atoms with E-state index in [9.17, 15) is 4.57 Å². The molecule has 1 aromatic heterocycles. The second-order valence-corrected chi connectivity index (χ2v) is 2.07. The van der Waals surface area contributed by atoms with Crippen molar-refractivity contribution in [3.63, 3.8) is 0 Å². The Labute approximate surface area is 96.9 Å². The number of aromatic nitrogens is 2. The van der Waals surface area contributed by atoms with Crippen LogP contribution >= 0.6 is 8.25 Å². The van der Waals surface area contributed by atoms with E-state index in [0.717, 1.165) is 4.73 Å². The molecule has 0 aliphatic heterocycles. The fourth-order valence-corrected chi connectivity index (χ4v) is 0.703. The van der Waals surface area contributed by atoms with E-state index in [1.165, 1.54) is 18.7 Å². The SMILES string of the molecule is O=[P+](O)O[n+]1cccnc1.[Ca+2].[H-].[H-]. The number of rotatable bonds is 2. The van der Waals surface area contributed by atoms with Gasteiger partial charge in [-0.1, -0.05) is 4.98 Å². The van der Waals surface area contributed by atoms with Crippen LogP contribution in [0.2, 0.25) is 0 Å². The van der Waals surface area contributed by atoms with Gasteiger partial charge in [-0.2, -0.15) is 0 Å². The third-order valence-electron chi connectivity index (χ3n) is 0.750. The van der Waals surface area contributed by atoms with Gasteiger partial charge in [-0.3, -0.25) is 0 Å². The minimum absolute atomic E-state index is 0. The van der Waals surface area contributed by atoms with Crippen LogP contribution in [0.5, 0.6) is 0 Å². The van der Waals surface area contributed by atoms with E-state index in [1.807, 2.05) is 0 Å². The Kier molecular flexibility index (Phi) is 5.91. The summed E-state index contributed by atoms with van der Waals surface area (Å²) in [6.07, 6.45) is 4.28. The summed E-state index contributed by atoms with van der Waals surface area (Å²) < 4.78 is 15.4. The predicted molar refractivity (Wildman–Crippen MR) is 38.8 cm³/mol. The van der Waals surface area contributed by atoms with Crippen LogP contribution < -0.4 is 9.35 Å². The van der Waals surface area contributed by atoms with Gasteiger partial charge >= 0.3 is 52.3 Å². The molecular weight excluding hydrogens is 195 g/mol. The van der Waals surface area contributed by atoms with E-state index in [0.29, 0.717) is 0 Å². The van der Waals surface area contributed by atoms with Crippen LogP contribution in [0.3, 0.4) is 0 Å². The first-order chi connectivity index (χ1) is 4.79. The van der Waals surface area contributed by atoms with Crippen molar-refractivity contribution in [2.75, 3.05) is 0 Å². The van der Waals surface area contributed by atoms with Gasteiger partial charge in [-0.25, -0.2) is 0 Å². The van der Waals surface area contributed by atoms with Gasteiger partial charge in [-0.15, -0.1) is 4.89 Å². The zero-order valence-electron chi connectivity index (χ0n) is 7.62.